The lowest BCUT2D eigenvalue weighted by Gasteiger charge is -2.29. The van der Waals surface area contributed by atoms with Crippen molar-refractivity contribution in [1.29, 1.82) is 0 Å². The number of fused-ring (bicyclic) bond motifs is 1. The molecule has 196 valence electrons. The van der Waals surface area contributed by atoms with Crippen LogP contribution in [0.4, 0.5) is 0 Å². The van der Waals surface area contributed by atoms with Gasteiger partial charge in [0.15, 0.2) is 0 Å². The fourth-order valence-electron chi connectivity index (χ4n) is 5.90. The number of carbonyl (C=O) groups is 2. The zero-order valence-corrected chi connectivity index (χ0v) is 22.1. The van der Waals surface area contributed by atoms with Crippen LogP contribution in [0.5, 0.6) is 5.75 Å². The number of hydrogen-bond donors (Lipinski definition) is 1. The number of likely N-dealkylation sites (N-methyl/N-ethyl adjacent to an activating group) is 1. The summed E-state index contributed by atoms with van der Waals surface area (Å²) in [7, 11) is 5.52. The SMILES string of the molecule is COc1ccc(C[C@@H]2C[C@@H](C(=O)NCc3ccc4c(c3)nnn4C)N(C(=O)[C@H]3C[C@@H](C)CN3C)C2)cc1. The maximum absolute atomic E-state index is 13.7. The average Bonchev–Trinajstić information content (AvgIpc) is 3.59. The Bertz CT molecular complexity index is 1270. The molecule has 1 aromatic heterocycles. The molecule has 0 bridgehead atoms. The monoisotopic (exact) mass is 504 g/mol. The largest absolute Gasteiger partial charge is 0.497 e. The van der Waals surface area contributed by atoms with Crippen LogP contribution in [0.15, 0.2) is 42.5 Å². The maximum Gasteiger partial charge on any atom is 0.243 e. The first-order valence-electron chi connectivity index (χ1n) is 13.0. The van der Waals surface area contributed by atoms with Gasteiger partial charge in [-0.25, -0.2) is 4.68 Å². The van der Waals surface area contributed by atoms with Crippen molar-refractivity contribution in [2.24, 2.45) is 18.9 Å². The number of aryl methyl sites for hydroxylation is 1. The van der Waals surface area contributed by atoms with Gasteiger partial charge < -0.3 is 15.0 Å². The van der Waals surface area contributed by atoms with E-state index < -0.39 is 6.04 Å². The van der Waals surface area contributed by atoms with Crippen molar-refractivity contribution in [2.45, 2.75) is 44.8 Å². The molecule has 2 amide bonds. The molecule has 9 nitrogen and oxygen atoms in total. The average molecular weight is 505 g/mol. The Morgan fingerprint density at radius 1 is 1.03 bits per heavy atom. The van der Waals surface area contributed by atoms with Crippen molar-refractivity contribution < 1.29 is 14.3 Å². The normalized spacial score (nSPS) is 24.1. The zero-order chi connectivity index (χ0) is 26.1. The fourth-order valence-corrected chi connectivity index (χ4v) is 5.90. The van der Waals surface area contributed by atoms with Crippen LogP contribution in [0.25, 0.3) is 11.0 Å². The van der Waals surface area contributed by atoms with Crippen molar-refractivity contribution >= 4 is 22.8 Å². The third-order valence-electron chi connectivity index (χ3n) is 7.84. The Kier molecular flexibility index (Phi) is 7.15. The number of likely N-dealkylation sites (tertiary alicyclic amines) is 2. The van der Waals surface area contributed by atoms with Crippen molar-refractivity contribution in [3.63, 3.8) is 0 Å². The number of nitrogens with one attached hydrogen (secondary N) is 1. The van der Waals surface area contributed by atoms with Crippen LogP contribution in [0, 0.1) is 11.8 Å². The summed E-state index contributed by atoms with van der Waals surface area (Å²) in [5, 5.41) is 11.3. The van der Waals surface area contributed by atoms with E-state index in [4.69, 9.17) is 4.74 Å². The van der Waals surface area contributed by atoms with Crippen molar-refractivity contribution in [1.82, 2.24) is 30.1 Å². The lowest BCUT2D eigenvalue weighted by atomic mass is 9.96. The number of aromatic nitrogens is 3. The summed E-state index contributed by atoms with van der Waals surface area (Å²) in [4.78, 5) is 31.1. The van der Waals surface area contributed by atoms with Gasteiger partial charge in [0.25, 0.3) is 0 Å². The van der Waals surface area contributed by atoms with Crippen LogP contribution >= 0.6 is 0 Å². The highest BCUT2D eigenvalue weighted by Crippen LogP contribution is 2.31. The van der Waals surface area contributed by atoms with Crippen LogP contribution in [-0.4, -0.2) is 75.9 Å². The Labute approximate surface area is 217 Å². The lowest BCUT2D eigenvalue weighted by molar-refractivity contribution is -0.141. The van der Waals surface area contributed by atoms with Crippen LogP contribution in [0.2, 0.25) is 0 Å². The number of hydrogen-bond acceptors (Lipinski definition) is 6. The standard InChI is InChI=1S/C28H36N6O3/c1-18-11-26(32(2)16-18)28(36)34-17-21(12-19-5-8-22(37-4)9-6-19)14-25(34)27(35)29-15-20-7-10-24-23(13-20)30-31-33(24)3/h5-10,13,18,21,25-26H,11-12,14-17H2,1-4H3,(H,29,35)/t18-,21-,25+,26-/m1/s1. The zero-order valence-electron chi connectivity index (χ0n) is 22.1. The number of ether oxygens (including phenoxy) is 1. The second-order valence-electron chi connectivity index (χ2n) is 10.7. The summed E-state index contributed by atoms with van der Waals surface area (Å²) < 4.78 is 7.01. The van der Waals surface area contributed by atoms with E-state index in [1.54, 1.807) is 11.8 Å². The predicted molar refractivity (Wildman–Crippen MR) is 141 cm³/mol. The minimum Gasteiger partial charge on any atom is -0.497 e. The van der Waals surface area contributed by atoms with Gasteiger partial charge in [0.2, 0.25) is 11.8 Å². The quantitative estimate of drug-likeness (QED) is 0.531. The summed E-state index contributed by atoms with van der Waals surface area (Å²) in [5.41, 5.74) is 3.88. The van der Waals surface area contributed by atoms with E-state index >= 15 is 0 Å². The number of amides is 2. The first kappa shape index (κ1) is 25.2. The van der Waals surface area contributed by atoms with E-state index in [1.165, 1.54) is 5.56 Å². The van der Waals surface area contributed by atoms with E-state index in [2.05, 4.69) is 39.6 Å². The molecular formula is C28H36N6O3. The number of benzene rings is 2. The molecule has 3 heterocycles. The van der Waals surface area contributed by atoms with Crippen LogP contribution in [0.3, 0.4) is 0 Å². The molecule has 5 rings (SSSR count). The Morgan fingerprint density at radius 2 is 1.78 bits per heavy atom. The first-order valence-corrected chi connectivity index (χ1v) is 13.0. The minimum absolute atomic E-state index is 0.0743. The van der Waals surface area contributed by atoms with E-state index in [-0.39, 0.29) is 23.8 Å². The second-order valence-corrected chi connectivity index (χ2v) is 10.7. The van der Waals surface area contributed by atoms with Crippen molar-refractivity contribution in [3.05, 3.63) is 53.6 Å². The number of methoxy groups -OCH3 is 1. The molecule has 0 aliphatic carbocycles. The van der Waals surface area contributed by atoms with Gasteiger partial charge in [0.1, 0.15) is 17.3 Å². The molecule has 4 atom stereocenters. The summed E-state index contributed by atoms with van der Waals surface area (Å²) in [6, 6.07) is 13.3. The van der Waals surface area contributed by atoms with E-state index in [0.29, 0.717) is 25.4 Å². The third-order valence-corrected chi connectivity index (χ3v) is 7.84. The van der Waals surface area contributed by atoms with Crippen LogP contribution in [0.1, 0.15) is 30.9 Å². The first-order chi connectivity index (χ1) is 17.8. The maximum atomic E-state index is 13.7. The molecular weight excluding hydrogens is 468 g/mol. The highest BCUT2D eigenvalue weighted by Gasteiger charge is 2.44. The molecule has 37 heavy (non-hydrogen) atoms. The molecule has 2 saturated heterocycles. The van der Waals surface area contributed by atoms with Gasteiger partial charge >= 0.3 is 0 Å². The van der Waals surface area contributed by atoms with E-state index in [0.717, 1.165) is 41.7 Å². The van der Waals surface area contributed by atoms with Gasteiger partial charge in [-0.2, -0.15) is 0 Å². The molecule has 0 spiro atoms. The number of rotatable bonds is 7. The molecule has 2 aliphatic heterocycles. The number of nitrogens with zero attached hydrogens (tertiary/aromatic N) is 5. The van der Waals surface area contributed by atoms with Gasteiger partial charge in [0.05, 0.1) is 18.7 Å². The second kappa shape index (κ2) is 10.5. The fraction of sp³-hybridized carbons (Fsp3) is 0.500. The molecule has 0 unspecified atom stereocenters. The highest BCUT2D eigenvalue weighted by atomic mass is 16.5. The molecule has 2 aromatic carbocycles. The molecule has 9 heteroatoms. The number of carbonyl (C=O) groups excluding carboxylic acids is 2. The summed E-state index contributed by atoms with van der Waals surface area (Å²) >= 11 is 0. The smallest absolute Gasteiger partial charge is 0.243 e. The van der Waals surface area contributed by atoms with Gasteiger partial charge in [-0.1, -0.05) is 30.3 Å². The van der Waals surface area contributed by atoms with Gasteiger partial charge in [-0.3, -0.25) is 14.5 Å². The summed E-state index contributed by atoms with van der Waals surface area (Å²) in [6.45, 7) is 4.06. The Morgan fingerprint density at radius 3 is 2.49 bits per heavy atom. The predicted octanol–water partition coefficient (Wildman–Crippen LogP) is 2.39. The van der Waals surface area contributed by atoms with Crippen LogP contribution < -0.4 is 10.1 Å². The van der Waals surface area contributed by atoms with Crippen molar-refractivity contribution in [2.75, 3.05) is 27.2 Å². The van der Waals surface area contributed by atoms with Gasteiger partial charge in [0, 0.05) is 26.7 Å². The topological polar surface area (TPSA) is 92.6 Å². The summed E-state index contributed by atoms with van der Waals surface area (Å²) in [5.74, 6) is 1.49. The summed E-state index contributed by atoms with van der Waals surface area (Å²) in [6.07, 6.45) is 2.30. The van der Waals surface area contributed by atoms with Crippen LogP contribution in [-0.2, 0) is 29.6 Å². The van der Waals surface area contributed by atoms with Gasteiger partial charge in [-0.05, 0) is 73.5 Å². The Balaban J connectivity index is 1.30. The van der Waals surface area contributed by atoms with E-state index in [9.17, 15) is 9.59 Å². The molecule has 3 aromatic rings. The third kappa shape index (κ3) is 5.32. The Hall–Kier alpha value is -3.46. The molecule has 2 aliphatic rings. The van der Waals surface area contributed by atoms with Crippen molar-refractivity contribution in [3.8, 4) is 5.75 Å². The molecule has 0 radical (unpaired) electrons. The lowest BCUT2D eigenvalue weighted by Crippen LogP contribution is -2.51. The molecule has 0 saturated carbocycles. The van der Waals surface area contributed by atoms with E-state index in [1.807, 2.05) is 49.3 Å². The molecule has 1 N–H and O–H groups in total. The minimum atomic E-state index is -0.472. The highest BCUT2D eigenvalue weighted by molar-refractivity contribution is 5.90. The molecule has 2 fully saturated rings. The van der Waals surface area contributed by atoms with Gasteiger partial charge in [-0.15, -0.1) is 5.10 Å².